The molecule has 18 heavy (non-hydrogen) atoms. The Kier molecular flexibility index (Phi) is 6.60. The zero-order valence-corrected chi connectivity index (χ0v) is 10.4. The molecule has 100 valence electrons. The third kappa shape index (κ3) is 5.03. The van der Waals surface area contributed by atoms with E-state index in [-0.39, 0.29) is 6.03 Å². The molecule has 2 amide bonds. The lowest BCUT2D eigenvalue weighted by Gasteiger charge is -2.10. The number of carbonyl (C=O) groups is 1. The molecule has 0 radical (unpaired) electrons. The van der Waals surface area contributed by atoms with Gasteiger partial charge in [-0.15, -0.1) is 0 Å². The summed E-state index contributed by atoms with van der Waals surface area (Å²) >= 11 is 0. The molecule has 6 heteroatoms. The van der Waals surface area contributed by atoms with Gasteiger partial charge in [0.2, 0.25) is 0 Å². The van der Waals surface area contributed by atoms with Gasteiger partial charge in [-0.25, -0.2) is 4.79 Å². The number of amides is 2. The van der Waals surface area contributed by atoms with Crippen molar-refractivity contribution in [3.8, 4) is 5.75 Å². The third-order valence-corrected chi connectivity index (χ3v) is 2.15. The van der Waals surface area contributed by atoms with Crippen LogP contribution in [-0.2, 0) is 4.74 Å². The van der Waals surface area contributed by atoms with Crippen LogP contribution in [0.1, 0.15) is 0 Å². The second kappa shape index (κ2) is 8.32. The molecule has 0 aliphatic heterocycles. The Labute approximate surface area is 106 Å². The van der Waals surface area contributed by atoms with Gasteiger partial charge in [0.15, 0.2) is 0 Å². The zero-order valence-electron chi connectivity index (χ0n) is 10.4. The molecule has 4 N–H and O–H groups in total. The van der Waals surface area contributed by atoms with E-state index in [0.29, 0.717) is 37.7 Å². The van der Waals surface area contributed by atoms with E-state index in [4.69, 9.17) is 15.2 Å². The number of rotatable bonds is 7. The first kappa shape index (κ1) is 14.3. The summed E-state index contributed by atoms with van der Waals surface area (Å²) < 4.78 is 10.3. The molecule has 6 nitrogen and oxygen atoms in total. The predicted molar refractivity (Wildman–Crippen MR) is 69.9 cm³/mol. The standard InChI is InChI=1S/C12H19N3O3/c1-17-11-5-3-2-4-10(11)15-12(16)14-7-9-18-8-6-13/h2-5H,6-9,13H2,1H3,(H2,14,15,16). The van der Waals surface area contributed by atoms with E-state index in [1.807, 2.05) is 12.1 Å². The maximum atomic E-state index is 11.6. The van der Waals surface area contributed by atoms with Crippen LogP contribution in [0.2, 0.25) is 0 Å². The molecule has 0 spiro atoms. The molecule has 0 fully saturated rings. The van der Waals surface area contributed by atoms with E-state index in [1.54, 1.807) is 19.2 Å². The molecule has 0 aliphatic rings. The summed E-state index contributed by atoms with van der Waals surface area (Å²) in [4.78, 5) is 11.6. The highest BCUT2D eigenvalue weighted by Gasteiger charge is 2.05. The van der Waals surface area contributed by atoms with Crippen molar-refractivity contribution >= 4 is 11.7 Å². The number of hydrogen-bond acceptors (Lipinski definition) is 4. The first-order valence-corrected chi connectivity index (χ1v) is 5.73. The fourth-order valence-corrected chi connectivity index (χ4v) is 1.34. The number of para-hydroxylation sites is 2. The van der Waals surface area contributed by atoms with Crippen LogP contribution in [0.5, 0.6) is 5.75 Å². The van der Waals surface area contributed by atoms with E-state index in [0.717, 1.165) is 0 Å². The molecule has 0 heterocycles. The van der Waals surface area contributed by atoms with Crippen molar-refractivity contribution in [3.05, 3.63) is 24.3 Å². The SMILES string of the molecule is COc1ccccc1NC(=O)NCCOCCN. The first-order valence-electron chi connectivity index (χ1n) is 5.73. The highest BCUT2D eigenvalue weighted by Crippen LogP contribution is 2.22. The highest BCUT2D eigenvalue weighted by molar-refractivity contribution is 5.90. The first-order chi connectivity index (χ1) is 8.77. The normalized spacial score (nSPS) is 9.89. The Hall–Kier alpha value is -1.79. The lowest BCUT2D eigenvalue weighted by Crippen LogP contribution is -2.32. The van der Waals surface area contributed by atoms with Crippen molar-refractivity contribution in [1.29, 1.82) is 0 Å². The fourth-order valence-electron chi connectivity index (χ4n) is 1.34. The van der Waals surface area contributed by atoms with Gasteiger partial charge in [0, 0.05) is 13.1 Å². The zero-order chi connectivity index (χ0) is 13.2. The minimum absolute atomic E-state index is 0.296. The molecular formula is C12H19N3O3. The van der Waals surface area contributed by atoms with E-state index in [1.165, 1.54) is 0 Å². The van der Waals surface area contributed by atoms with Crippen LogP contribution < -0.4 is 21.1 Å². The van der Waals surface area contributed by atoms with Crippen LogP contribution in [-0.4, -0.2) is 39.4 Å². The van der Waals surface area contributed by atoms with Crippen molar-refractivity contribution in [2.45, 2.75) is 0 Å². The largest absolute Gasteiger partial charge is 0.495 e. The minimum Gasteiger partial charge on any atom is -0.495 e. The Morgan fingerprint density at radius 1 is 1.33 bits per heavy atom. The third-order valence-electron chi connectivity index (χ3n) is 2.15. The van der Waals surface area contributed by atoms with Gasteiger partial charge in [-0.3, -0.25) is 0 Å². The van der Waals surface area contributed by atoms with Gasteiger partial charge >= 0.3 is 6.03 Å². The molecule has 0 unspecified atom stereocenters. The predicted octanol–water partition coefficient (Wildman–Crippen LogP) is 0.792. The van der Waals surface area contributed by atoms with Crippen LogP contribution in [0, 0.1) is 0 Å². The summed E-state index contributed by atoms with van der Waals surface area (Å²) in [5.74, 6) is 0.618. The highest BCUT2D eigenvalue weighted by atomic mass is 16.5. The maximum absolute atomic E-state index is 11.6. The van der Waals surface area contributed by atoms with Crippen LogP contribution in [0.25, 0.3) is 0 Å². The fraction of sp³-hybridized carbons (Fsp3) is 0.417. The molecule has 0 aliphatic carbocycles. The lowest BCUT2D eigenvalue weighted by molar-refractivity contribution is 0.144. The maximum Gasteiger partial charge on any atom is 0.319 e. The molecule has 0 atom stereocenters. The number of ether oxygens (including phenoxy) is 2. The van der Waals surface area contributed by atoms with E-state index in [9.17, 15) is 4.79 Å². The summed E-state index contributed by atoms with van der Waals surface area (Å²) in [6, 6.07) is 6.91. The van der Waals surface area contributed by atoms with Crippen molar-refractivity contribution in [2.75, 3.05) is 38.7 Å². The average molecular weight is 253 g/mol. The van der Waals surface area contributed by atoms with Gasteiger partial charge in [0.1, 0.15) is 5.75 Å². The quantitative estimate of drug-likeness (QED) is 0.627. The molecule has 0 bridgehead atoms. The topological polar surface area (TPSA) is 85.6 Å². The molecule has 0 saturated carbocycles. The lowest BCUT2D eigenvalue weighted by atomic mass is 10.3. The van der Waals surface area contributed by atoms with Gasteiger partial charge in [-0.05, 0) is 12.1 Å². The molecule has 1 aromatic rings. The van der Waals surface area contributed by atoms with E-state index in [2.05, 4.69) is 10.6 Å². The van der Waals surface area contributed by atoms with Gasteiger partial charge < -0.3 is 25.8 Å². The smallest absolute Gasteiger partial charge is 0.319 e. The van der Waals surface area contributed by atoms with Crippen molar-refractivity contribution in [3.63, 3.8) is 0 Å². The number of anilines is 1. The van der Waals surface area contributed by atoms with E-state index >= 15 is 0 Å². The number of nitrogens with one attached hydrogen (secondary N) is 2. The number of benzene rings is 1. The van der Waals surface area contributed by atoms with Crippen LogP contribution in [0.4, 0.5) is 10.5 Å². The Morgan fingerprint density at radius 2 is 2.11 bits per heavy atom. The van der Waals surface area contributed by atoms with Gasteiger partial charge in [0.05, 0.1) is 26.0 Å². The molecule has 1 rings (SSSR count). The Balaban J connectivity index is 2.31. The number of carbonyl (C=O) groups excluding carboxylic acids is 1. The molecular weight excluding hydrogens is 234 g/mol. The van der Waals surface area contributed by atoms with Crippen LogP contribution in [0.15, 0.2) is 24.3 Å². The monoisotopic (exact) mass is 253 g/mol. The molecule has 1 aromatic carbocycles. The van der Waals surface area contributed by atoms with Gasteiger partial charge in [0.25, 0.3) is 0 Å². The van der Waals surface area contributed by atoms with Crippen molar-refractivity contribution < 1.29 is 14.3 Å². The summed E-state index contributed by atoms with van der Waals surface area (Å²) in [5.41, 5.74) is 5.89. The van der Waals surface area contributed by atoms with E-state index < -0.39 is 0 Å². The van der Waals surface area contributed by atoms with Gasteiger partial charge in [-0.1, -0.05) is 12.1 Å². The number of nitrogens with two attached hydrogens (primary N) is 1. The van der Waals surface area contributed by atoms with Crippen molar-refractivity contribution in [2.24, 2.45) is 5.73 Å². The number of urea groups is 1. The van der Waals surface area contributed by atoms with Crippen LogP contribution in [0.3, 0.4) is 0 Å². The van der Waals surface area contributed by atoms with Crippen molar-refractivity contribution in [1.82, 2.24) is 5.32 Å². The average Bonchev–Trinajstić information content (AvgIpc) is 2.39. The van der Waals surface area contributed by atoms with Gasteiger partial charge in [-0.2, -0.15) is 0 Å². The molecule has 0 aromatic heterocycles. The molecule has 0 saturated heterocycles. The number of hydrogen-bond donors (Lipinski definition) is 3. The second-order valence-electron chi connectivity index (χ2n) is 3.48. The van der Waals surface area contributed by atoms with Crippen LogP contribution >= 0.6 is 0 Å². The Morgan fingerprint density at radius 3 is 2.83 bits per heavy atom. The second-order valence-corrected chi connectivity index (χ2v) is 3.48. The minimum atomic E-state index is -0.296. The summed E-state index contributed by atoms with van der Waals surface area (Å²) in [6.07, 6.45) is 0. The number of methoxy groups -OCH3 is 1. The summed E-state index contributed by atoms with van der Waals surface area (Å²) in [7, 11) is 1.55. The summed E-state index contributed by atoms with van der Waals surface area (Å²) in [5, 5.41) is 5.37. The summed E-state index contributed by atoms with van der Waals surface area (Å²) in [6.45, 7) is 1.85. The Bertz CT molecular complexity index is 371.